The summed E-state index contributed by atoms with van der Waals surface area (Å²) in [5.74, 6) is 0.321. The molecule has 0 fully saturated rings. The normalized spacial score (nSPS) is 10.7. The molecule has 1 heterocycles. The Kier molecular flexibility index (Phi) is 6.01. The highest BCUT2D eigenvalue weighted by Gasteiger charge is 2.15. The van der Waals surface area contributed by atoms with E-state index in [0.717, 1.165) is 5.75 Å². The van der Waals surface area contributed by atoms with E-state index in [1.807, 2.05) is 34.9 Å². The van der Waals surface area contributed by atoms with E-state index in [4.69, 9.17) is 4.74 Å². The van der Waals surface area contributed by atoms with Gasteiger partial charge in [-0.2, -0.15) is 0 Å². The van der Waals surface area contributed by atoms with Crippen molar-refractivity contribution in [3.05, 3.63) is 84.2 Å². The highest BCUT2D eigenvalue weighted by atomic mass is 32.2. The van der Waals surface area contributed by atoms with Gasteiger partial charge in [-0.25, -0.2) is 8.78 Å². The fourth-order valence-corrected chi connectivity index (χ4v) is 3.30. The third kappa shape index (κ3) is 4.29. The van der Waals surface area contributed by atoms with Crippen molar-refractivity contribution in [1.29, 1.82) is 0 Å². The molecule has 26 heavy (non-hydrogen) atoms. The maximum Gasteiger partial charge on any atom is 0.191 e. The number of hydrogen-bond acceptors (Lipinski definition) is 4. The number of para-hydroxylation sites is 1. The lowest BCUT2D eigenvalue weighted by molar-refractivity contribution is 0.289. The van der Waals surface area contributed by atoms with E-state index in [0.29, 0.717) is 17.5 Å². The van der Waals surface area contributed by atoms with Crippen LogP contribution in [0, 0.1) is 11.6 Å². The Labute approximate surface area is 154 Å². The number of thioether (sulfide) groups is 1. The zero-order valence-electron chi connectivity index (χ0n) is 13.9. The second kappa shape index (κ2) is 8.62. The van der Waals surface area contributed by atoms with Gasteiger partial charge in [0.25, 0.3) is 0 Å². The van der Waals surface area contributed by atoms with Crippen LogP contribution in [0.4, 0.5) is 8.78 Å². The Morgan fingerprint density at radius 2 is 1.77 bits per heavy atom. The minimum absolute atomic E-state index is 0.0211. The summed E-state index contributed by atoms with van der Waals surface area (Å²) in [5, 5.41) is 8.82. The molecule has 0 N–H and O–H groups in total. The minimum Gasteiger partial charge on any atom is -0.486 e. The largest absolute Gasteiger partial charge is 0.486 e. The quantitative estimate of drug-likeness (QED) is 0.427. The summed E-state index contributed by atoms with van der Waals surface area (Å²) in [6, 6.07) is 13.2. The molecule has 0 aliphatic carbocycles. The first kappa shape index (κ1) is 18.1. The van der Waals surface area contributed by atoms with E-state index in [-0.39, 0.29) is 17.9 Å². The van der Waals surface area contributed by atoms with Crippen molar-refractivity contribution in [1.82, 2.24) is 14.8 Å². The second-order valence-corrected chi connectivity index (χ2v) is 6.33. The molecule has 4 nitrogen and oxygen atoms in total. The zero-order valence-corrected chi connectivity index (χ0v) is 14.8. The van der Waals surface area contributed by atoms with Crippen LogP contribution in [0.2, 0.25) is 0 Å². The lowest BCUT2D eigenvalue weighted by Crippen LogP contribution is -2.07. The molecule has 0 radical (unpaired) electrons. The molecule has 2 aromatic carbocycles. The molecule has 7 heteroatoms. The lowest BCUT2D eigenvalue weighted by Gasteiger charge is -2.09. The van der Waals surface area contributed by atoms with Gasteiger partial charge in [-0.1, -0.05) is 42.1 Å². The molecule has 0 spiro atoms. The molecule has 0 saturated carbocycles. The fraction of sp³-hybridized carbons (Fsp3) is 0.158. The third-order valence-corrected chi connectivity index (χ3v) is 4.62. The van der Waals surface area contributed by atoms with Gasteiger partial charge in [-0.05, 0) is 24.3 Å². The monoisotopic (exact) mass is 373 g/mol. The van der Waals surface area contributed by atoms with Crippen LogP contribution in [0.15, 0.2) is 66.3 Å². The number of hydrogen-bond donors (Lipinski definition) is 0. The maximum absolute atomic E-state index is 13.8. The molecule has 0 aliphatic rings. The molecule has 134 valence electrons. The summed E-state index contributed by atoms with van der Waals surface area (Å²) < 4.78 is 35.1. The first-order valence-electron chi connectivity index (χ1n) is 7.95. The van der Waals surface area contributed by atoms with Gasteiger partial charge in [0.2, 0.25) is 0 Å². The minimum atomic E-state index is -0.570. The SMILES string of the molecule is C=CCn1c(COc2ccccc2)nnc1SCc1c(F)cccc1F. The van der Waals surface area contributed by atoms with Gasteiger partial charge in [0, 0.05) is 17.9 Å². The maximum atomic E-state index is 13.8. The van der Waals surface area contributed by atoms with Crippen LogP contribution in [0.25, 0.3) is 0 Å². The Hall–Kier alpha value is -2.67. The molecule has 0 saturated heterocycles. The van der Waals surface area contributed by atoms with Crippen molar-refractivity contribution < 1.29 is 13.5 Å². The molecule has 3 aromatic rings. The fourth-order valence-electron chi connectivity index (χ4n) is 2.32. The molecule has 0 amide bonds. The number of ether oxygens (including phenoxy) is 1. The van der Waals surface area contributed by atoms with Gasteiger partial charge in [0.05, 0.1) is 0 Å². The topological polar surface area (TPSA) is 39.9 Å². The molecule has 3 rings (SSSR count). The zero-order chi connectivity index (χ0) is 18.4. The highest BCUT2D eigenvalue weighted by molar-refractivity contribution is 7.98. The van der Waals surface area contributed by atoms with Crippen molar-refractivity contribution in [2.45, 2.75) is 24.1 Å². The first-order valence-corrected chi connectivity index (χ1v) is 8.94. The first-order chi connectivity index (χ1) is 12.7. The molecule has 0 unspecified atom stereocenters. The van der Waals surface area contributed by atoms with E-state index in [1.165, 1.54) is 30.0 Å². The summed E-state index contributed by atoms with van der Waals surface area (Å²) in [6.45, 7) is 4.45. The number of rotatable bonds is 8. The van der Waals surface area contributed by atoms with Crippen LogP contribution in [0.5, 0.6) is 5.75 Å². The summed E-state index contributed by atoms with van der Waals surface area (Å²) in [6.07, 6.45) is 1.71. The van der Waals surface area contributed by atoms with Gasteiger partial charge < -0.3 is 4.74 Å². The van der Waals surface area contributed by atoms with Crippen molar-refractivity contribution in [3.8, 4) is 5.75 Å². The summed E-state index contributed by atoms with van der Waals surface area (Å²) in [4.78, 5) is 0. The molecule has 0 atom stereocenters. The second-order valence-electron chi connectivity index (χ2n) is 5.39. The van der Waals surface area contributed by atoms with Gasteiger partial charge in [-0.3, -0.25) is 4.57 Å². The van der Waals surface area contributed by atoms with Crippen molar-refractivity contribution in [3.63, 3.8) is 0 Å². The molecular formula is C19H17F2N3OS. The molecule has 0 aliphatic heterocycles. The predicted octanol–water partition coefficient (Wildman–Crippen LogP) is 4.61. The number of halogens is 2. The highest BCUT2D eigenvalue weighted by Crippen LogP contribution is 2.25. The lowest BCUT2D eigenvalue weighted by atomic mass is 10.2. The van der Waals surface area contributed by atoms with Crippen molar-refractivity contribution in [2.24, 2.45) is 0 Å². The standard InChI is InChI=1S/C19H17F2N3OS/c1-2-11-24-18(12-25-14-7-4-3-5-8-14)22-23-19(24)26-13-15-16(20)9-6-10-17(15)21/h2-10H,1,11-13H2. The number of benzene rings is 2. The van der Waals surface area contributed by atoms with Crippen LogP contribution in [-0.2, 0) is 18.9 Å². The third-order valence-electron chi connectivity index (χ3n) is 3.62. The number of allylic oxidation sites excluding steroid dienone is 1. The Morgan fingerprint density at radius 3 is 2.46 bits per heavy atom. The average molecular weight is 373 g/mol. The average Bonchev–Trinajstić information content (AvgIpc) is 3.03. The van der Waals surface area contributed by atoms with Crippen LogP contribution in [0.3, 0.4) is 0 Å². The summed E-state index contributed by atoms with van der Waals surface area (Å²) in [5.41, 5.74) is 0.0211. The van der Waals surface area contributed by atoms with E-state index < -0.39 is 11.6 Å². The molecular weight excluding hydrogens is 356 g/mol. The van der Waals surface area contributed by atoms with Crippen LogP contribution < -0.4 is 4.74 Å². The van der Waals surface area contributed by atoms with E-state index in [9.17, 15) is 8.78 Å². The van der Waals surface area contributed by atoms with Gasteiger partial charge in [-0.15, -0.1) is 16.8 Å². The van der Waals surface area contributed by atoms with Crippen LogP contribution in [-0.4, -0.2) is 14.8 Å². The van der Waals surface area contributed by atoms with Crippen LogP contribution in [0.1, 0.15) is 11.4 Å². The van der Waals surface area contributed by atoms with Crippen molar-refractivity contribution in [2.75, 3.05) is 0 Å². The van der Waals surface area contributed by atoms with Crippen molar-refractivity contribution >= 4 is 11.8 Å². The number of aromatic nitrogens is 3. The predicted molar refractivity (Wildman–Crippen MR) is 96.9 cm³/mol. The summed E-state index contributed by atoms with van der Waals surface area (Å²) in [7, 11) is 0. The Bertz CT molecular complexity index is 863. The van der Waals surface area contributed by atoms with E-state index >= 15 is 0 Å². The van der Waals surface area contributed by atoms with Crippen LogP contribution >= 0.6 is 11.8 Å². The Balaban J connectivity index is 1.73. The Morgan fingerprint density at radius 1 is 1.04 bits per heavy atom. The molecule has 0 bridgehead atoms. The van der Waals surface area contributed by atoms with Gasteiger partial charge in [0.15, 0.2) is 11.0 Å². The molecule has 1 aromatic heterocycles. The van der Waals surface area contributed by atoms with E-state index in [1.54, 1.807) is 6.08 Å². The number of nitrogens with zero attached hydrogens (tertiary/aromatic N) is 3. The smallest absolute Gasteiger partial charge is 0.191 e. The van der Waals surface area contributed by atoms with Gasteiger partial charge >= 0.3 is 0 Å². The van der Waals surface area contributed by atoms with E-state index in [2.05, 4.69) is 16.8 Å². The van der Waals surface area contributed by atoms with Gasteiger partial charge in [0.1, 0.15) is 24.0 Å². The summed E-state index contributed by atoms with van der Waals surface area (Å²) >= 11 is 1.22.